The van der Waals surface area contributed by atoms with Crippen LogP contribution in [0.25, 0.3) is 0 Å². The fourth-order valence-electron chi connectivity index (χ4n) is 4.17. The zero-order valence-corrected chi connectivity index (χ0v) is 20.2. The van der Waals surface area contributed by atoms with Gasteiger partial charge in [0.05, 0.1) is 11.8 Å². The smallest absolute Gasteiger partial charge is 0.152 e. The van der Waals surface area contributed by atoms with Crippen LogP contribution in [0.2, 0.25) is 0 Å². The molecule has 1 unspecified atom stereocenters. The highest BCUT2D eigenvalue weighted by molar-refractivity contribution is 8.01. The van der Waals surface area contributed by atoms with Crippen molar-refractivity contribution < 1.29 is 19.4 Å². The van der Waals surface area contributed by atoms with E-state index in [2.05, 4.69) is 28.1 Å². The van der Waals surface area contributed by atoms with Gasteiger partial charge in [-0.05, 0) is 60.3 Å². The zero-order chi connectivity index (χ0) is 24.6. The minimum absolute atomic E-state index is 0.0693. The van der Waals surface area contributed by atoms with Crippen molar-refractivity contribution in [3.8, 4) is 5.75 Å². The van der Waals surface area contributed by atoms with Gasteiger partial charge in [0.1, 0.15) is 16.9 Å². The summed E-state index contributed by atoms with van der Waals surface area (Å²) in [6.07, 6.45) is 1.45. The average molecular weight is 496 g/mol. The predicted octanol–water partition coefficient (Wildman–Crippen LogP) is 3.77. The van der Waals surface area contributed by atoms with Crippen LogP contribution in [0.3, 0.4) is 0 Å². The Kier molecular flexibility index (Phi) is 8.76. The van der Waals surface area contributed by atoms with Gasteiger partial charge in [0, 0.05) is 18.0 Å². The summed E-state index contributed by atoms with van der Waals surface area (Å²) in [6, 6.07) is 18.3. The molecule has 0 spiro atoms. The molecule has 0 radical (unpaired) electrons. The van der Waals surface area contributed by atoms with Gasteiger partial charge < -0.3 is 31.0 Å². The number of benzene rings is 3. The summed E-state index contributed by atoms with van der Waals surface area (Å²) in [6.45, 7) is 2.43. The number of phenolic OH excluding ortho intramolecular Hbond substituents is 1. The van der Waals surface area contributed by atoms with E-state index >= 15 is 0 Å². The van der Waals surface area contributed by atoms with Crippen molar-refractivity contribution in [3.63, 3.8) is 0 Å². The third-order valence-electron chi connectivity index (χ3n) is 6.05. The third-order valence-corrected chi connectivity index (χ3v) is 7.21. The number of nitrogens with one attached hydrogen (secondary N) is 3. The van der Waals surface area contributed by atoms with Gasteiger partial charge >= 0.3 is 0 Å². The van der Waals surface area contributed by atoms with E-state index < -0.39 is 11.5 Å². The molecule has 8 heteroatoms. The molecule has 0 aromatic heterocycles. The maximum absolute atomic E-state index is 13.8. The van der Waals surface area contributed by atoms with Gasteiger partial charge in [-0.25, -0.2) is 4.39 Å². The minimum atomic E-state index is -0.764. The van der Waals surface area contributed by atoms with Crippen LogP contribution in [0.5, 0.6) is 5.75 Å². The summed E-state index contributed by atoms with van der Waals surface area (Å²) < 4.78 is 13.8. The third kappa shape index (κ3) is 6.41. The molecule has 2 atom stereocenters. The minimum Gasteiger partial charge on any atom is -0.506 e. The van der Waals surface area contributed by atoms with Crippen LogP contribution < -0.4 is 16.0 Å². The van der Waals surface area contributed by atoms with E-state index in [1.807, 2.05) is 24.3 Å². The number of hydrogen-bond donors (Lipinski definition) is 5. The van der Waals surface area contributed by atoms with Crippen molar-refractivity contribution in [2.75, 3.05) is 25.0 Å². The van der Waals surface area contributed by atoms with E-state index in [1.54, 1.807) is 12.1 Å². The second-order valence-electron chi connectivity index (χ2n) is 8.45. The zero-order valence-electron chi connectivity index (χ0n) is 19.3. The lowest BCUT2D eigenvalue weighted by atomic mass is 10.0. The van der Waals surface area contributed by atoms with Gasteiger partial charge in [0.2, 0.25) is 0 Å². The van der Waals surface area contributed by atoms with E-state index in [-0.39, 0.29) is 11.6 Å². The summed E-state index contributed by atoms with van der Waals surface area (Å²) in [5.74, 6) is -0.0986. The normalized spacial score (nSPS) is 15.4. The lowest BCUT2D eigenvalue weighted by Gasteiger charge is -2.16. The number of thioether (sulfide) groups is 1. The summed E-state index contributed by atoms with van der Waals surface area (Å²) in [7, 11) is 0. The Labute approximate surface area is 209 Å². The fourth-order valence-corrected chi connectivity index (χ4v) is 5.28. The van der Waals surface area contributed by atoms with Crippen molar-refractivity contribution >= 4 is 23.7 Å². The molecule has 1 heterocycles. The van der Waals surface area contributed by atoms with Crippen LogP contribution in [-0.4, -0.2) is 41.5 Å². The molecule has 1 aliphatic heterocycles. The molecule has 4 rings (SSSR count). The van der Waals surface area contributed by atoms with Crippen molar-refractivity contribution in [1.29, 1.82) is 0 Å². The van der Waals surface area contributed by atoms with E-state index in [0.717, 1.165) is 12.7 Å². The van der Waals surface area contributed by atoms with E-state index in [9.17, 15) is 19.4 Å². The highest BCUT2D eigenvalue weighted by Gasteiger charge is 2.28. The van der Waals surface area contributed by atoms with Crippen molar-refractivity contribution in [1.82, 2.24) is 10.6 Å². The molecule has 1 aliphatic rings. The first-order chi connectivity index (χ1) is 17.1. The van der Waals surface area contributed by atoms with Crippen molar-refractivity contribution in [2.24, 2.45) is 0 Å². The highest BCUT2D eigenvalue weighted by Crippen LogP contribution is 2.46. The van der Waals surface area contributed by atoms with Crippen LogP contribution >= 0.6 is 11.8 Å². The summed E-state index contributed by atoms with van der Waals surface area (Å²) >= 11 is 1.30. The monoisotopic (exact) mass is 495 g/mol. The molecule has 5 N–H and O–H groups in total. The first-order valence-corrected chi connectivity index (χ1v) is 12.6. The van der Waals surface area contributed by atoms with Gasteiger partial charge in [0.25, 0.3) is 0 Å². The quantitative estimate of drug-likeness (QED) is 0.148. The molecule has 0 saturated heterocycles. The van der Waals surface area contributed by atoms with Crippen LogP contribution in [0, 0.1) is 5.82 Å². The molecule has 184 valence electrons. The Hall–Kier alpha value is -2.91. The molecule has 0 amide bonds. The maximum Gasteiger partial charge on any atom is 0.152 e. The first kappa shape index (κ1) is 25.2. The number of aliphatic hydroxyl groups excluding tert-OH is 1. The lowest BCUT2D eigenvalue weighted by Crippen LogP contribution is -2.25. The predicted molar refractivity (Wildman–Crippen MR) is 137 cm³/mol. The SMILES string of the molecule is O=CC1Nc2c(O)ccc([C@@H](O)CNCCc3ccccc3CNCCc3ccccc3F)c2S1. The number of aromatic hydroxyl groups is 1. The van der Waals surface area contributed by atoms with Crippen LogP contribution in [0.4, 0.5) is 10.1 Å². The number of carbonyl (C=O) groups is 1. The summed E-state index contributed by atoms with van der Waals surface area (Å²) in [5.41, 5.74) is 4.31. The summed E-state index contributed by atoms with van der Waals surface area (Å²) in [4.78, 5) is 11.9. The van der Waals surface area contributed by atoms with Crippen LogP contribution in [-0.2, 0) is 24.2 Å². The van der Waals surface area contributed by atoms with Crippen LogP contribution in [0.15, 0.2) is 65.6 Å². The molecular formula is C27H30FN3O3S. The molecule has 0 bridgehead atoms. The number of hydrogen-bond acceptors (Lipinski definition) is 7. The Morgan fingerprint density at radius 3 is 2.43 bits per heavy atom. The lowest BCUT2D eigenvalue weighted by molar-refractivity contribution is -0.107. The first-order valence-electron chi connectivity index (χ1n) is 11.7. The number of anilines is 1. The van der Waals surface area contributed by atoms with Gasteiger partial charge in [0.15, 0.2) is 6.29 Å². The molecule has 3 aromatic carbocycles. The number of halogens is 1. The molecule has 35 heavy (non-hydrogen) atoms. The Bertz CT molecular complexity index is 1160. The molecule has 0 saturated carbocycles. The molecular weight excluding hydrogens is 465 g/mol. The highest BCUT2D eigenvalue weighted by atomic mass is 32.2. The number of rotatable bonds is 12. The van der Waals surface area contributed by atoms with Crippen LogP contribution in [0.1, 0.15) is 28.4 Å². The standard InChI is InChI=1S/C27H30FN3O3S/c28-22-8-4-3-6-19(22)12-14-29-15-20-7-2-1-5-18(20)11-13-30-16-24(34)21-9-10-23(33)26-27(21)35-25(17-32)31-26/h1-10,17,24-25,29-31,33-34H,11-16H2/t24-,25?/m0/s1. The topological polar surface area (TPSA) is 93.6 Å². The van der Waals surface area contributed by atoms with E-state index in [1.165, 1.54) is 35.0 Å². The maximum atomic E-state index is 13.8. The Balaban J connectivity index is 1.25. The largest absolute Gasteiger partial charge is 0.506 e. The number of aldehydes is 1. The number of carbonyl (C=O) groups excluding carboxylic acids is 1. The van der Waals surface area contributed by atoms with E-state index in [4.69, 9.17) is 0 Å². The second-order valence-corrected chi connectivity index (χ2v) is 9.61. The molecule has 0 aliphatic carbocycles. The average Bonchev–Trinajstić information content (AvgIpc) is 3.32. The Morgan fingerprint density at radius 2 is 1.66 bits per heavy atom. The Morgan fingerprint density at radius 1 is 0.971 bits per heavy atom. The molecule has 0 fully saturated rings. The summed E-state index contributed by atoms with van der Waals surface area (Å²) in [5, 5.41) is 30.0. The molecule has 3 aromatic rings. The van der Waals surface area contributed by atoms with Crippen molar-refractivity contribution in [3.05, 3.63) is 88.7 Å². The second kappa shape index (κ2) is 12.2. The van der Waals surface area contributed by atoms with Gasteiger partial charge in [-0.15, -0.1) is 0 Å². The van der Waals surface area contributed by atoms with Crippen molar-refractivity contribution in [2.45, 2.75) is 35.8 Å². The van der Waals surface area contributed by atoms with E-state index in [0.29, 0.717) is 54.3 Å². The molecule has 6 nitrogen and oxygen atoms in total. The fraction of sp³-hybridized carbons (Fsp3) is 0.296. The van der Waals surface area contributed by atoms with Gasteiger partial charge in [-0.1, -0.05) is 60.3 Å². The number of aliphatic hydroxyl groups is 1. The number of phenols is 1. The van der Waals surface area contributed by atoms with Gasteiger partial charge in [-0.2, -0.15) is 0 Å². The number of fused-ring (bicyclic) bond motifs is 1. The van der Waals surface area contributed by atoms with Gasteiger partial charge in [-0.3, -0.25) is 0 Å².